The molecule has 2 saturated heterocycles. The van der Waals surface area contributed by atoms with Crippen LogP contribution in [-0.2, 0) is 14.4 Å². The van der Waals surface area contributed by atoms with Gasteiger partial charge in [-0.3, -0.25) is 14.4 Å². The number of amides is 2. The molecule has 0 spiro atoms. The van der Waals surface area contributed by atoms with Crippen LogP contribution in [0.3, 0.4) is 0 Å². The first-order valence-electron chi connectivity index (χ1n) is 8.56. The van der Waals surface area contributed by atoms with Gasteiger partial charge in [0.25, 0.3) is 0 Å². The third-order valence-corrected chi connectivity index (χ3v) is 5.98. The van der Waals surface area contributed by atoms with E-state index in [9.17, 15) is 14.4 Å². The Kier molecular flexibility index (Phi) is 5.93. The molecule has 1 atom stereocenters. The van der Waals surface area contributed by atoms with Gasteiger partial charge in [-0.05, 0) is 43.5 Å². The predicted molar refractivity (Wildman–Crippen MR) is 104 cm³/mol. The molecular weight excluding hydrogens is 372 g/mol. The lowest BCUT2D eigenvalue weighted by atomic mass is 10.1. The van der Waals surface area contributed by atoms with E-state index in [0.717, 1.165) is 25.9 Å². The van der Waals surface area contributed by atoms with Crippen molar-refractivity contribution in [2.24, 2.45) is 0 Å². The normalized spacial score (nSPS) is 20.4. The van der Waals surface area contributed by atoms with Crippen LogP contribution in [0.15, 0.2) is 24.3 Å². The summed E-state index contributed by atoms with van der Waals surface area (Å²) < 4.78 is 5.67. The number of hydrogen-bond acceptors (Lipinski definition) is 6. The summed E-state index contributed by atoms with van der Waals surface area (Å²) >= 11 is 6.78. The van der Waals surface area contributed by atoms with Crippen molar-refractivity contribution in [3.63, 3.8) is 0 Å². The lowest BCUT2D eigenvalue weighted by Crippen LogP contribution is -2.35. The Labute approximate surface area is 161 Å². The fourth-order valence-corrected chi connectivity index (χ4v) is 4.61. The second-order valence-corrected chi connectivity index (χ2v) is 8.12. The van der Waals surface area contributed by atoms with Gasteiger partial charge in [-0.25, -0.2) is 4.90 Å². The molecule has 138 valence electrons. The van der Waals surface area contributed by atoms with Crippen LogP contribution in [0.1, 0.15) is 32.6 Å². The third-order valence-electron chi connectivity index (χ3n) is 4.32. The van der Waals surface area contributed by atoms with Gasteiger partial charge in [0.15, 0.2) is 0 Å². The van der Waals surface area contributed by atoms with Crippen LogP contribution in [-0.4, -0.2) is 45.3 Å². The van der Waals surface area contributed by atoms with Crippen LogP contribution in [0.5, 0.6) is 5.75 Å². The maximum atomic E-state index is 12.7. The van der Waals surface area contributed by atoms with Gasteiger partial charge < -0.3 is 9.64 Å². The lowest BCUT2D eigenvalue weighted by Gasteiger charge is -2.29. The quantitative estimate of drug-likeness (QED) is 0.339. The van der Waals surface area contributed by atoms with Crippen molar-refractivity contribution in [1.29, 1.82) is 0 Å². The number of imide groups is 1. The molecule has 1 aromatic rings. The third kappa shape index (κ3) is 4.24. The van der Waals surface area contributed by atoms with E-state index in [1.807, 2.05) is 0 Å². The van der Waals surface area contributed by atoms with Crippen LogP contribution in [0.4, 0.5) is 5.69 Å². The van der Waals surface area contributed by atoms with Crippen LogP contribution in [0.25, 0.3) is 0 Å². The number of hydrogen-bond donors (Lipinski definition) is 0. The molecule has 6 nitrogen and oxygen atoms in total. The minimum atomic E-state index is -0.481. The molecule has 8 heteroatoms. The van der Waals surface area contributed by atoms with Crippen molar-refractivity contribution in [2.75, 3.05) is 18.0 Å². The maximum Gasteiger partial charge on any atom is 0.308 e. The molecule has 0 bridgehead atoms. The Hall–Kier alpha value is -1.93. The fourth-order valence-electron chi connectivity index (χ4n) is 3.07. The van der Waals surface area contributed by atoms with Gasteiger partial charge in [-0.2, -0.15) is 0 Å². The Morgan fingerprint density at radius 1 is 1.15 bits per heavy atom. The van der Waals surface area contributed by atoms with Crippen molar-refractivity contribution in [3.05, 3.63) is 24.3 Å². The first-order valence-corrected chi connectivity index (χ1v) is 9.85. The van der Waals surface area contributed by atoms with E-state index >= 15 is 0 Å². The van der Waals surface area contributed by atoms with Crippen molar-refractivity contribution < 1.29 is 19.1 Å². The van der Waals surface area contributed by atoms with E-state index in [4.69, 9.17) is 17.0 Å². The van der Waals surface area contributed by atoms with Crippen molar-refractivity contribution in [2.45, 2.75) is 37.9 Å². The SMILES string of the molecule is CC(=O)Oc1ccc(N2C(=O)C[C@H](SC(=S)N3CCCCC3)C2=O)cc1. The first kappa shape index (κ1) is 18.8. The monoisotopic (exact) mass is 392 g/mol. The number of esters is 1. The van der Waals surface area contributed by atoms with Crippen LogP contribution < -0.4 is 9.64 Å². The molecule has 2 heterocycles. The Balaban J connectivity index is 1.66. The van der Waals surface area contributed by atoms with Crippen LogP contribution in [0, 0.1) is 0 Å². The summed E-state index contributed by atoms with van der Waals surface area (Å²) in [7, 11) is 0. The standard InChI is InChI=1S/C18H20N2O4S2/c1-12(21)24-14-7-5-13(6-8-14)20-16(22)11-15(17(20)23)26-18(25)19-9-3-2-4-10-19/h5-8,15H,2-4,9-11H2,1H3/t15-/m0/s1. The summed E-state index contributed by atoms with van der Waals surface area (Å²) in [5.41, 5.74) is 0.475. The Morgan fingerprint density at radius 3 is 2.42 bits per heavy atom. The molecule has 2 amide bonds. The summed E-state index contributed by atoms with van der Waals surface area (Å²) in [6, 6.07) is 6.33. The summed E-state index contributed by atoms with van der Waals surface area (Å²) in [5, 5.41) is -0.481. The number of anilines is 1. The molecule has 2 aliphatic heterocycles. The molecule has 0 aliphatic carbocycles. The van der Waals surface area contributed by atoms with Gasteiger partial charge in [-0.15, -0.1) is 0 Å². The molecular formula is C18H20N2O4S2. The molecule has 0 N–H and O–H groups in total. The number of rotatable bonds is 3. The fraction of sp³-hybridized carbons (Fsp3) is 0.444. The summed E-state index contributed by atoms with van der Waals surface area (Å²) in [4.78, 5) is 39.4. The average molecular weight is 393 g/mol. The Bertz CT molecular complexity index is 729. The van der Waals surface area contributed by atoms with Gasteiger partial charge in [0.2, 0.25) is 11.8 Å². The highest BCUT2D eigenvalue weighted by molar-refractivity contribution is 8.23. The summed E-state index contributed by atoms with van der Waals surface area (Å²) in [5.74, 6) is -0.542. The highest BCUT2D eigenvalue weighted by atomic mass is 32.2. The van der Waals surface area contributed by atoms with Gasteiger partial charge in [0.1, 0.15) is 15.3 Å². The van der Waals surface area contributed by atoms with E-state index in [0.29, 0.717) is 15.8 Å². The number of ether oxygens (including phenoxy) is 1. The van der Waals surface area contributed by atoms with E-state index in [2.05, 4.69) is 4.90 Å². The maximum absolute atomic E-state index is 12.7. The number of likely N-dealkylation sites (tertiary alicyclic amines) is 1. The molecule has 0 aromatic heterocycles. The zero-order valence-corrected chi connectivity index (χ0v) is 16.1. The zero-order valence-electron chi connectivity index (χ0n) is 14.5. The highest BCUT2D eigenvalue weighted by Gasteiger charge is 2.41. The van der Waals surface area contributed by atoms with Crippen molar-refractivity contribution in [1.82, 2.24) is 4.90 Å². The molecule has 0 saturated carbocycles. The summed E-state index contributed by atoms with van der Waals surface area (Å²) in [6.07, 6.45) is 3.57. The largest absolute Gasteiger partial charge is 0.427 e. The summed E-state index contributed by atoms with van der Waals surface area (Å²) in [6.45, 7) is 3.15. The van der Waals surface area contributed by atoms with E-state index in [1.165, 1.54) is 30.0 Å². The second-order valence-electron chi connectivity index (χ2n) is 6.28. The molecule has 0 radical (unpaired) electrons. The lowest BCUT2D eigenvalue weighted by molar-refractivity contribution is -0.132. The van der Waals surface area contributed by atoms with E-state index in [-0.39, 0.29) is 18.2 Å². The van der Waals surface area contributed by atoms with Crippen molar-refractivity contribution in [3.8, 4) is 5.75 Å². The van der Waals surface area contributed by atoms with E-state index < -0.39 is 11.2 Å². The second kappa shape index (κ2) is 8.18. The molecule has 2 fully saturated rings. The Morgan fingerprint density at radius 2 is 1.81 bits per heavy atom. The topological polar surface area (TPSA) is 66.9 Å². The number of nitrogens with zero attached hydrogens (tertiary/aromatic N) is 2. The minimum absolute atomic E-state index is 0.142. The number of piperidine rings is 1. The number of benzene rings is 1. The molecule has 2 aliphatic rings. The molecule has 3 rings (SSSR count). The molecule has 0 unspecified atom stereocenters. The predicted octanol–water partition coefficient (Wildman–Crippen LogP) is 2.75. The van der Waals surface area contributed by atoms with E-state index in [1.54, 1.807) is 24.3 Å². The number of carbonyl (C=O) groups is 3. The van der Waals surface area contributed by atoms with Crippen LogP contribution in [0.2, 0.25) is 0 Å². The van der Waals surface area contributed by atoms with Gasteiger partial charge in [0.05, 0.1) is 5.69 Å². The molecule has 26 heavy (non-hydrogen) atoms. The van der Waals surface area contributed by atoms with Crippen LogP contribution >= 0.6 is 24.0 Å². The van der Waals surface area contributed by atoms with Gasteiger partial charge in [-0.1, -0.05) is 24.0 Å². The van der Waals surface area contributed by atoms with Gasteiger partial charge in [0, 0.05) is 26.4 Å². The number of carbonyl (C=O) groups excluding carboxylic acids is 3. The first-order chi connectivity index (χ1) is 12.5. The average Bonchev–Trinajstić information content (AvgIpc) is 2.89. The van der Waals surface area contributed by atoms with Crippen molar-refractivity contribution >= 4 is 51.8 Å². The smallest absolute Gasteiger partial charge is 0.308 e. The molecule has 1 aromatic carbocycles. The zero-order chi connectivity index (χ0) is 18.7. The van der Waals surface area contributed by atoms with Gasteiger partial charge >= 0.3 is 5.97 Å². The minimum Gasteiger partial charge on any atom is -0.427 e. The number of thiocarbonyl (C=S) groups is 1. The number of thioether (sulfide) groups is 1. The highest BCUT2D eigenvalue weighted by Crippen LogP contribution is 2.32.